The van der Waals surface area contributed by atoms with Crippen LogP contribution in [0.3, 0.4) is 0 Å². The Morgan fingerprint density at radius 3 is 2.62 bits per heavy atom. The van der Waals surface area contributed by atoms with Gasteiger partial charge in [0.2, 0.25) is 0 Å². The molecule has 0 radical (unpaired) electrons. The van der Waals surface area contributed by atoms with E-state index in [1.165, 1.54) is 17.8 Å². The third kappa shape index (κ3) is 4.66. The average Bonchev–Trinajstić information content (AvgIpc) is 2.85. The summed E-state index contributed by atoms with van der Waals surface area (Å²) in [5.41, 5.74) is 1.35. The van der Waals surface area contributed by atoms with Crippen molar-refractivity contribution in [1.82, 2.24) is 15.1 Å². The number of hydrogen-bond acceptors (Lipinski definition) is 2. The van der Waals surface area contributed by atoms with Crippen molar-refractivity contribution < 1.29 is 4.68 Å². The van der Waals surface area contributed by atoms with E-state index in [9.17, 15) is 0 Å². The highest BCUT2D eigenvalue weighted by molar-refractivity contribution is 5.14. The van der Waals surface area contributed by atoms with E-state index in [0.29, 0.717) is 5.92 Å². The molecule has 0 aliphatic carbocycles. The summed E-state index contributed by atoms with van der Waals surface area (Å²) >= 11 is 0. The zero-order chi connectivity index (χ0) is 15.1. The summed E-state index contributed by atoms with van der Waals surface area (Å²) in [4.78, 5) is 0. The molecule has 0 N–H and O–H groups in total. The molecule has 0 fully saturated rings. The molecule has 0 aliphatic heterocycles. The van der Waals surface area contributed by atoms with Gasteiger partial charge in [-0.2, -0.15) is 0 Å². The molecule has 2 aromatic rings. The normalized spacial score (nSPS) is 11.2. The van der Waals surface area contributed by atoms with Crippen molar-refractivity contribution >= 4 is 0 Å². The average molecular weight is 287 g/mol. The Labute approximate surface area is 127 Å². The first-order valence-corrected chi connectivity index (χ1v) is 8.07. The van der Waals surface area contributed by atoms with Crippen molar-refractivity contribution in [3.8, 4) is 0 Å². The first-order chi connectivity index (χ1) is 10.2. The number of tetrazole rings is 1. The van der Waals surface area contributed by atoms with Gasteiger partial charge in [-0.1, -0.05) is 62.2 Å². The zero-order valence-corrected chi connectivity index (χ0v) is 13.5. The Bertz CT molecular complexity index is 531. The molecule has 1 aromatic heterocycles. The van der Waals surface area contributed by atoms with Gasteiger partial charge in [-0.3, -0.25) is 0 Å². The van der Waals surface area contributed by atoms with Gasteiger partial charge in [0.1, 0.15) is 11.8 Å². The lowest BCUT2D eigenvalue weighted by atomic mass is 10.1. The van der Waals surface area contributed by atoms with Crippen molar-refractivity contribution in [2.75, 3.05) is 0 Å². The summed E-state index contributed by atoms with van der Waals surface area (Å²) in [5, 5.41) is 8.72. The molecule has 21 heavy (non-hydrogen) atoms. The van der Waals surface area contributed by atoms with E-state index in [-0.39, 0.29) is 0 Å². The fraction of sp³-hybridized carbons (Fsp3) is 0.588. The highest BCUT2D eigenvalue weighted by Crippen LogP contribution is 2.06. The summed E-state index contributed by atoms with van der Waals surface area (Å²) in [6.07, 6.45) is 4.38. The van der Waals surface area contributed by atoms with Crippen LogP contribution in [0.1, 0.15) is 45.0 Å². The van der Waals surface area contributed by atoms with Crippen molar-refractivity contribution in [2.24, 2.45) is 5.92 Å². The van der Waals surface area contributed by atoms with Crippen molar-refractivity contribution in [3.05, 3.63) is 41.7 Å². The van der Waals surface area contributed by atoms with E-state index in [1.54, 1.807) is 0 Å². The SMILES string of the molecule is CCCC[n+]1nnn(CCc2ccccc2)c1CC(C)C. The third-order valence-corrected chi connectivity index (χ3v) is 3.62. The smallest absolute Gasteiger partial charge is 0.137 e. The maximum Gasteiger partial charge on any atom is 0.257 e. The highest BCUT2D eigenvalue weighted by atomic mass is 15.6. The standard InChI is InChI=1S/C17H27N4/c1-4-5-12-20-17(14-15(2)3)21(19-18-20)13-11-16-9-7-6-8-10-16/h6-10,15H,4-5,11-14H2,1-3H3/q+1. The van der Waals surface area contributed by atoms with E-state index < -0.39 is 0 Å². The van der Waals surface area contributed by atoms with Gasteiger partial charge in [-0.15, -0.1) is 4.68 Å². The van der Waals surface area contributed by atoms with Crippen molar-refractivity contribution in [1.29, 1.82) is 0 Å². The monoisotopic (exact) mass is 287 g/mol. The van der Waals surface area contributed by atoms with Crippen LogP contribution in [0.2, 0.25) is 0 Å². The number of nitrogens with zero attached hydrogens (tertiary/aromatic N) is 4. The number of unbranched alkanes of at least 4 members (excludes halogenated alkanes) is 1. The van der Waals surface area contributed by atoms with Crippen LogP contribution in [-0.4, -0.2) is 15.1 Å². The number of aromatic nitrogens is 4. The molecule has 0 saturated carbocycles. The second-order valence-electron chi connectivity index (χ2n) is 6.03. The molecule has 4 nitrogen and oxygen atoms in total. The third-order valence-electron chi connectivity index (χ3n) is 3.62. The highest BCUT2D eigenvalue weighted by Gasteiger charge is 2.20. The molecule has 1 heterocycles. The van der Waals surface area contributed by atoms with Gasteiger partial charge >= 0.3 is 0 Å². The largest absolute Gasteiger partial charge is 0.257 e. The van der Waals surface area contributed by atoms with Crippen LogP contribution >= 0.6 is 0 Å². The van der Waals surface area contributed by atoms with Gasteiger partial charge in [0.25, 0.3) is 5.82 Å². The quantitative estimate of drug-likeness (QED) is 0.700. The molecule has 0 aliphatic rings. The molecule has 4 heteroatoms. The minimum atomic E-state index is 0.617. The summed E-state index contributed by atoms with van der Waals surface area (Å²) in [7, 11) is 0. The van der Waals surface area contributed by atoms with Crippen LogP contribution in [0.4, 0.5) is 0 Å². The predicted molar refractivity (Wildman–Crippen MR) is 83.8 cm³/mol. The first kappa shape index (κ1) is 15.7. The fourth-order valence-corrected chi connectivity index (χ4v) is 2.44. The molecule has 0 atom stereocenters. The summed E-state index contributed by atoms with van der Waals surface area (Å²) in [6, 6.07) is 10.6. The predicted octanol–water partition coefficient (Wildman–Crippen LogP) is 2.81. The lowest BCUT2D eigenvalue weighted by Gasteiger charge is -2.04. The van der Waals surface area contributed by atoms with Gasteiger partial charge in [0.15, 0.2) is 5.21 Å². The molecule has 0 saturated heterocycles. The van der Waals surface area contributed by atoms with Crippen LogP contribution in [0.25, 0.3) is 0 Å². The Hall–Kier alpha value is -1.71. The minimum Gasteiger partial charge on any atom is -0.137 e. The molecule has 1 aromatic carbocycles. The second kappa shape index (κ2) is 7.91. The molecule has 0 spiro atoms. The Morgan fingerprint density at radius 1 is 1.19 bits per heavy atom. The van der Waals surface area contributed by atoms with E-state index in [2.05, 4.69) is 70.9 Å². The van der Waals surface area contributed by atoms with Crippen molar-refractivity contribution in [3.63, 3.8) is 0 Å². The maximum atomic E-state index is 4.37. The summed E-state index contributed by atoms with van der Waals surface area (Å²) in [5.74, 6) is 1.88. The van der Waals surface area contributed by atoms with E-state index >= 15 is 0 Å². The summed E-state index contributed by atoms with van der Waals surface area (Å²) < 4.78 is 4.18. The lowest BCUT2D eigenvalue weighted by Crippen LogP contribution is -2.41. The van der Waals surface area contributed by atoms with Crippen molar-refractivity contribution in [2.45, 2.75) is 59.5 Å². The number of aryl methyl sites for hydroxylation is 3. The van der Waals surface area contributed by atoms with Gasteiger partial charge in [-0.25, -0.2) is 0 Å². The zero-order valence-electron chi connectivity index (χ0n) is 13.5. The van der Waals surface area contributed by atoms with Crippen LogP contribution in [-0.2, 0) is 25.9 Å². The molecule has 0 amide bonds. The molecule has 2 rings (SSSR count). The Morgan fingerprint density at radius 2 is 1.95 bits per heavy atom. The van der Waals surface area contributed by atoms with Crippen LogP contribution in [0.15, 0.2) is 30.3 Å². The van der Waals surface area contributed by atoms with E-state index in [4.69, 9.17) is 0 Å². The van der Waals surface area contributed by atoms with Gasteiger partial charge in [0.05, 0.1) is 6.54 Å². The fourth-order valence-electron chi connectivity index (χ4n) is 2.44. The first-order valence-electron chi connectivity index (χ1n) is 8.07. The number of hydrogen-bond donors (Lipinski definition) is 0. The van der Waals surface area contributed by atoms with E-state index in [1.807, 2.05) is 0 Å². The van der Waals surface area contributed by atoms with E-state index in [0.717, 1.165) is 32.4 Å². The van der Waals surface area contributed by atoms with Crippen LogP contribution in [0.5, 0.6) is 0 Å². The maximum absolute atomic E-state index is 4.37. The molecular formula is C17H27N4+. The number of rotatable bonds is 8. The Balaban J connectivity index is 2.08. The lowest BCUT2D eigenvalue weighted by molar-refractivity contribution is -0.761. The minimum absolute atomic E-state index is 0.617. The van der Waals surface area contributed by atoms with Crippen LogP contribution < -0.4 is 4.68 Å². The summed E-state index contributed by atoms with van der Waals surface area (Å²) in [6.45, 7) is 8.59. The van der Waals surface area contributed by atoms with Gasteiger partial charge < -0.3 is 0 Å². The molecule has 0 unspecified atom stereocenters. The van der Waals surface area contributed by atoms with Gasteiger partial charge in [0, 0.05) is 12.8 Å². The second-order valence-corrected chi connectivity index (χ2v) is 6.03. The molecule has 0 bridgehead atoms. The van der Waals surface area contributed by atoms with Gasteiger partial charge in [-0.05, 0) is 17.9 Å². The number of benzene rings is 1. The Kier molecular flexibility index (Phi) is 5.90. The topological polar surface area (TPSA) is 34.6 Å². The molecular weight excluding hydrogens is 260 g/mol. The van der Waals surface area contributed by atoms with Crippen LogP contribution in [0, 0.1) is 5.92 Å². The molecule has 114 valence electrons.